The molecule has 5 heteroatoms. The van der Waals surface area contributed by atoms with Crippen LogP contribution >= 0.6 is 0 Å². The molecule has 0 radical (unpaired) electrons. The van der Waals surface area contributed by atoms with Gasteiger partial charge in [-0.2, -0.15) is 0 Å². The van der Waals surface area contributed by atoms with Crippen LogP contribution in [-0.2, 0) is 7.05 Å². The maximum Gasteiger partial charge on any atom is 0.127 e. The quantitative estimate of drug-likeness (QED) is 0.908. The van der Waals surface area contributed by atoms with Crippen molar-refractivity contribution in [3.05, 3.63) is 48.5 Å². The second-order valence-corrected chi connectivity index (χ2v) is 5.91. The third kappa shape index (κ3) is 3.31. The van der Waals surface area contributed by atoms with Crippen LogP contribution in [0, 0.1) is 0 Å². The van der Waals surface area contributed by atoms with Gasteiger partial charge in [0, 0.05) is 64.9 Å². The fourth-order valence-electron chi connectivity index (χ4n) is 3.06. The molecule has 1 aromatic carbocycles. The number of benzene rings is 1. The zero-order valence-corrected chi connectivity index (χ0v) is 13.4. The molecule has 2 aromatic rings. The van der Waals surface area contributed by atoms with E-state index >= 15 is 0 Å². The van der Waals surface area contributed by atoms with Crippen molar-refractivity contribution in [1.29, 1.82) is 0 Å². The van der Waals surface area contributed by atoms with E-state index in [1.807, 2.05) is 12.4 Å². The first-order valence-corrected chi connectivity index (χ1v) is 7.94. The molecule has 1 aliphatic rings. The van der Waals surface area contributed by atoms with Gasteiger partial charge in [0.25, 0.3) is 0 Å². The molecule has 22 heavy (non-hydrogen) atoms. The molecule has 1 aromatic heterocycles. The summed E-state index contributed by atoms with van der Waals surface area (Å²) in [6.07, 6.45) is 3.91. The molecule has 1 fully saturated rings. The van der Waals surface area contributed by atoms with Gasteiger partial charge in [0.2, 0.25) is 0 Å². The van der Waals surface area contributed by atoms with Crippen molar-refractivity contribution in [1.82, 2.24) is 19.8 Å². The number of nitrogens with zero attached hydrogens (tertiary/aromatic N) is 4. The molecule has 0 aliphatic carbocycles. The maximum absolute atomic E-state index is 4.54. The molecule has 5 nitrogen and oxygen atoms in total. The second-order valence-electron chi connectivity index (χ2n) is 5.91. The van der Waals surface area contributed by atoms with Crippen molar-refractivity contribution < 1.29 is 0 Å². The van der Waals surface area contributed by atoms with Crippen molar-refractivity contribution in [2.75, 3.05) is 44.7 Å². The van der Waals surface area contributed by atoms with Crippen LogP contribution < -0.4 is 10.2 Å². The lowest BCUT2D eigenvalue weighted by molar-refractivity contribution is 0.157. The van der Waals surface area contributed by atoms with Crippen molar-refractivity contribution in [3.63, 3.8) is 0 Å². The average Bonchev–Trinajstić information content (AvgIpc) is 2.99. The molecule has 1 unspecified atom stereocenters. The van der Waals surface area contributed by atoms with E-state index < -0.39 is 0 Å². The van der Waals surface area contributed by atoms with E-state index in [0.717, 1.165) is 38.5 Å². The zero-order valence-electron chi connectivity index (χ0n) is 13.4. The molecule has 0 bridgehead atoms. The number of piperazine rings is 1. The van der Waals surface area contributed by atoms with E-state index in [9.17, 15) is 0 Å². The Hall–Kier alpha value is -1.85. The number of rotatable bonds is 5. The Bertz CT molecular complexity index is 580. The van der Waals surface area contributed by atoms with Crippen LogP contribution in [0.25, 0.3) is 0 Å². The Balaban J connectivity index is 1.64. The first-order valence-electron chi connectivity index (χ1n) is 7.94. The van der Waals surface area contributed by atoms with Crippen molar-refractivity contribution in [2.24, 2.45) is 7.05 Å². The van der Waals surface area contributed by atoms with Gasteiger partial charge < -0.3 is 14.8 Å². The van der Waals surface area contributed by atoms with Crippen LogP contribution in [0.2, 0.25) is 0 Å². The first-order chi connectivity index (χ1) is 10.8. The Kier molecular flexibility index (Phi) is 4.75. The summed E-state index contributed by atoms with van der Waals surface area (Å²) in [7, 11) is 4.23. The number of para-hydroxylation sites is 1. The summed E-state index contributed by atoms with van der Waals surface area (Å²) < 4.78 is 2.13. The van der Waals surface area contributed by atoms with Gasteiger partial charge in [0.05, 0.1) is 6.04 Å². The average molecular weight is 299 g/mol. The van der Waals surface area contributed by atoms with E-state index in [1.165, 1.54) is 5.69 Å². The molecular formula is C17H25N5. The summed E-state index contributed by atoms with van der Waals surface area (Å²) in [6, 6.07) is 10.9. The molecule has 3 rings (SSSR count). The number of imidazole rings is 1. The van der Waals surface area contributed by atoms with E-state index in [4.69, 9.17) is 0 Å². The molecule has 1 N–H and O–H groups in total. The number of aryl methyl sites for hydroxylation is 1. The van der Waals surface area contributed by atoms with Crippen LogP contribution in [0.1, 0.15) is 11.9 Å². The minimum Gasteiger partial charge on any atom is -0.373 e. The normalized spacial score (nSPS) is 19.3. The lowest BCUT2D eigenvalue weighted by atomic mass is 10.1. The fourth-order valence-corrected chi connectivity index (χ4v) is 3.06. The highest BCUT2D eigenvalue weighted by Gasteiger charge is 2.26. The van der Waals surface area contributed by atoms with Crippen LogP contribution in [0.5, 0.6) is 0 Å². The Labute approximate surface area is 132 Å². The fraction of sp³-hybridized carbons (Fsp3) is 0.471. The third-order valence-electron chi connectivity index (χ3n) is 4.43. The largest absolute Gasteiger partial charge is 0.373 e. The standard InChI is InChI=1S/C17H25N5/c1-20(15-6-4-3-5-7-15)12-13-22-11-8-18-14-16(22)17-19-9-10-21(17)2/h3-7,9-10,16,18H,8,11-14H2,1-2H3. The summed E-state index contributed by atoms with van der Waals surface area (Å²) in [4.78, 5) is 9.40. The number of likely N-dealkylation sites (N-methyl/N-ethyl adjacent to an activating group) is 1. The van der Waals surface area contributed by atoms with Crippen LogP contribution in [0.3, 0.4) is 0 Å². The molecule has 0 amide bonds. The van der Waals surface area contributed by atoms with E-state index in [0.29, 0.717) is 6.04 Å². The lowest BCUT2D eigenvalue weighted by Crippen LogP contribution is -2.48. The predicted octanol–water partition coefficient (Wildman–Crippen LogP) is 1.50. The van der Waals surface area contributed by atoms with Crippen LogP contribution in [-0.4, -0.2) is 54.2 Å². The van der Waals surface area contributed by atoms with Gasteiger partial charge in [-0.1, -0.05) is 18.2 Å². The highest BCUT2D eigenvalue weighted by molar-refractivity contribution is 5.44. The molecule has 2 heterocycles. The van der Waals surface area contributed by atoms with E-state index in [-0.39, 0.29) is 0 Å². The van der Waals surface area contributed by atoms with Gasteiger partial charge in [0.15, 0.2) is 0 Å². The first kappa shape index (κ1) is 15.1. The topological polar surface area (TPSA) is 36.3 Å². The molecule has 1 atom stereocenters. The van der Waals surface area contributed by atoms with Gasteiger partial charge in [0.1, 0.15) is 5.82 Å². The lowest BCUT2D eigenvalue weighted by Gasteiger charge is -2.36. The Morgan fingerprint density at radius 2 is 2.14 bits per heavy atom. The second kappa shape index (κ2) is 6.94. The highest BCUT2D eigenvalue weighted by Crippen LogP contribution is 2.20. The summed E-state index contributed by atoms with van der Waals surface area (Å²) in [5.41, 5.74) is 1.27. The van der Waals surface area contributed by atoms with Gasteiger partial charge in [-0.05, 0) is 12.1 Å². The van der Waals surface area contributed by atoms with Crippen LogP contribution in [0.15, 0.2) is 42.7 Å². The minimum absolute atomic E-state index is 0.359. The molecule has 0 spiro atoms. The summed E-state index contributed by atoms with van der Waals surface area (Å²) in [6.45, 7) is 5.16. The monoisotopic (exact) mass is 299 g/mol. The molecule has 0 saturated carbocycles. The number of hydrogen-bond donors (Lipinski definition) is 1. The van der Waals surface area contributed by atoms with Crippen molar-refractivity contribution in [3.8, 4) is 0 Å². The Morgan fingerprint density at radius 1 is 1.32 bits per heavy atom. The van der Waals surface area contributed by atoms with E-state index in [1.54, 1.807) is 0 Å². The summed E-state index contributed by atoms with van der Waals surface area (Å²) >= 11 is 0. The molecule has 1 saturated heterocycles. The minimum atomic E-state index is 0.359. The SMILES string of the molecule is CN(CCN1CCNCC1c1nccn1C)c1ccccc1. The van der Waals surface area contributed by atoms with Crippen LogP contribution in [0.4, 0.5) is 5.69 Å². The van der Waals surface area contributed by atoms with Gasteiger partial charge >= 0.3 is 0 Å². The molecule has 118 valence electrons. The maximum atomic E-state index is 4.54. The van der Waals surface area contributed by atoms with Crippen molar-refractivity contribution >= 4 is 5.69 Å². The number of nitrogens with one attached hydrogen (secondary N) is 1. The van der Waals surface area contributed by atoms with Gasteiger partial charge in [-0.25, -0.2) is 4.98 Å². The number of hydrogen-bond acceptors (Lipinski definition) is 4. The van der Waals surface area contributed by atoms with Gasteiger partial charge in [-0.15, -0.1) is 0 Å². The predicted molar refractivity (Wildman–Crippen MR) is 90.1 cm³/mol. The number of aromatic nitrogens is 2. The Morgan fingerprint density at radius 3 is 2.86 bits per heavy atom. The zero-order chi connectivity index (χ0) is 15.4. The third-order valence-corrected chi connectivity index (χ3v) is 4.43. The highest BCUT2D eigenvalue weighted by atomic mass is 15.3. The van der Waals surface area contributed by atoms with Gasteiger partial charge in [-0.3, -0.25) is 4.90 Å². The summed E-state index contributed by atoms with van der Waals surface area (Å²) in [5, 5.41) is 3.49. The number of anilines is 1. The smallest absolute Gasteiger partial charge is 0.127 e. The summed E-state index contributed by atoms with van der Waals surface area (Å²) in [5.74, 6) is 1.15. The van der Waals surface area contributed by atoms with Crippen molar-refractivity contribution in [2.45, 2.75) is 6.04 Å². The molecular weight excluding hydrogens is 274 g/mol. The molecule has 1 aliphatic heterocycles. The van der Waals surface area contributed by atoms with E-state index in [2.05, 4.69) is 69.1 Å².